The van der Waals surface area contributed by atoms with E-state index in [9.17, 15) is 8.42 Å². The number of rotatable bonds is 9. The second kappa shape index (κ2) is 11.1. The van der Waals surface area contributed by atoms with Crippen LogP contribution in [0, 0.1) is 5.92 Å². The van der Waals surface area contributed by atoms with Gasteiger partial charge in [0.25, 0.3) is 0 Å². The Hall–Kier alpha value is -2.07. The maximum Gasteiger partial charge on any atom is 0.243 e. The standard InChI is InChI=1S/C27H35N3O4S2/c1-3-33-22-10-8-21(9-11-22)19-35-27-28-25-16-24(36(31,32)29-14-4-6-20(2)17-29)12-13-26(25)30(27)18-23-7-5-15-34-23/h8-13,16,20,23H,3-7,14-15,17-19H2,1-2H3/t20-,23-/m0/s1. The van der Waals surface area contributed by atoms with Crippen LogP contribution in [-0.2, 0) is 27.1 Å². The molecule has 1 aromatic heterocycles. The SMILES string of the molecule is CCOc1ccc(CSc2nc3cc(S(=O)(=O)N4CCC[C@H](C)C4)ccc3n2C[C@@H]2CCCO2)cc1. The highest BCUT2D eigenvalue weighted by molar-refractivity contribution is 7.98. The number of aromatic nitrogens is 2. The number of imidazole rings is 1. The predicted molar refractivity (Wildman–Crippen MR) is 143 cm³/mol. The normalized spacial score (nSPS) is 21.3. The molecule has 0 saturated carbocycles. The van der Waals surface area contributed by atoms with Gasteiger partial charge in [0.15, 0.2) is 5.16 Å². The highest BCUT2D eigenvalue weighted by atomic mass is 32.2. The van der Waals surface area contributed by atoms with Crippen LogP contribution in [0.1, 0.15) is 45.1 Å². The molecule has 0 aliphatic carbocycles. The van der Waals surface area contributed by atoms with Crippen LogP contribution in [0.4, 0.5) is 0 Å². The lowest BCUT2D eigenvalue weighted by molar-refractivity contribution is 0.0960. The molecule has 0 N–H and O–H groups in total. The average Bonchev–Trinajstić information content (AvgIpc) is 3.52. The van der Waals surface area contributed by atoms with Crippen LogP contribution in [0.3, 0.4) is 0 Å². The van der Waals surface area contributed by atoms with Crippen LogP contribution in [0.25, 0.3) is 11.0 Å². The van der Waals surface area contributed by atoms with Gasteiger partial charge < -0.3 is 14.0 Å². The van der Waals surface area contributed by atoms with Gasteiger partial charge in [-0.3, -0.25) is 0 Å². The maximum absolute atomic E-state index is 13.4. The van der Waals surface area contributed by atoms with Crippen molar-refractivity contribution >= 4 is 32.8 Å². The van der Waals surface area contributed by atoms with Crippen LogP contribution < -0.4 is 4.74 Å². The van der Waals surface area contributed by atoms with E-state index >= 15 is 0 Å². The minimum Gasteiger partial charge on any atom is -0.494 e. The summed E-state index contributed by atoms with van der Waals surface area (Å²) >= 11 is 1.67. The fourth-order valence-electron chi connectivity index (χ4n) is 5.04. The molecule has 36 heavy (non-hydrogen) atoms. The van der Waals surface area contributed by atoms with E-state index in [1.807, 2.05) is 25.1 Å². The van der Waals surface area contributed by atoms with Gasteiger partial charge in [0.1, 0.15) is 5.75 Å². The molecule has 2 aliphatic heterocycles. The van der Waals surface area contributed by atoms with Crippen LogP contribution in [-0.4, -0.2) is 54.7 Å². The third-order valence-corrected chi connectivity index (χ3v) is 9.86. The summed E-state index contributed by atoms with van der Waals surface area (Å²) in [6.07, 6.45) is 4.24. The molecular weight excluding hydrogens is 494 g/mol. The van der Waals surface area contributed by atoms with E-state index in [1.165, 1.54) is 5.56 Å². The number of nitrogens with zero attached hydrogens (tertiary/aromatic N) is 3. The molecule has 0 amide bonds. The average molecular weight is 530 g/mol. The summed E-state index contributed by atoms with van der Waals surface area (Å²) in [7, 11) is -3.54. The summed E-state index contributed by atoms with van der Waals surface area (Å²) in [4.78, 5) is 5.24. The predicted octanol–water partition coefficient (Wildman–Crippen LogP) is 5.33. The first-order chi connectivity index (χ1) is 17.4. The fourth-order valence-corrected chi connectivity index (χ4v) is 7.64. The molecule has 2 atom stereocenters. The molecule has 9 heteroatoms. The second-order valence-corrected chi connectivity index (χ2v) is 12.6. The zero-order chi connectivity index (χ0) is 25.1. The van der Waals surface area contributed by atoms with Gasteiger partial charge in [0.2, 0.25) is 10.0 Å². The molecule has 0 radical (unpaired) electrons. The Labute approximate surface area is 218 Å². The van der Waals surface area contributed by atoms with Gasteiger partial charge in [0.05, 0.1) is 35.2 Å². The summed E-state index contributed by atoms with van der Waals surface area (Å²) in [5, 5.41) is 0.885. The quantitative estimate of drug-likeness (QED) is 0.349. The molecule has 3 aromatic rings. The second-order valence-electron chi connectivity index (χ2n) is 9.77. The first-order valence-corrected chi connectivity index (χ1v) is 15.3. The van der Waals surface area contributed by atoms with Crippen molar-refractivity contribution < 1.29 is 17.9 Å². The minimum atomic E-state index is -3.54. The van der Waals surface area contributed by atoms with E-state index in [-0.39, 0.29) is 6.10 Å². The van der Waals surface area contributed by atoms with Crippen molar-refractivity contribution in [2.45, 2.75) is 68.0 Å². The van der Waals surface area contributed by atoms with Crippen molar-refractivity contribution in [1.82, 2.24) is 13.9 Å². The molecule has 2 fully saturated rings. The van der Waals surface area contributed by atoms with Gasteiger partial charge in [-0.1, -0.05) is 30.8 Å². The number of hydrogen-bond donors (Lipinski definition) is 0. The summed E-state index contributed by atoms with van der Waals surface area (Å²) in [6.45, 7) is 7.42. The lowest BCUT2D eigenvalue weighted by atomic mass is 10.0. The molecule has 0 spiro atoms. The molecule has 0 unspecified atom stereocenters. The zero-order valence-electron chi connectivity index (χ0n) is 21.1. The van der Waals surface area contributed by atoms with Crippen molar-refractivity contribution in [3.8, 4) is 5.75 Å². The van der Waals surface area contributed by atoms with Crippen LogP contribution >= 0.6 is 11.8 Å². The van der Waals surface area contributed by atoms with Gasteiger partial charge in [-0.25, -0.2) is 13.4 Å². The Morgan fingerprint density at radius 1 is 1.14 bits per heavy atom. The van der Waals surface area contributed by atoms with Crippen molar-refractivity contribution in [2.24, 2.45) is 5.92 Å². The van der Waals surface area contributed by atoms with Gasteiger partial charge in [-0.2, -0.15) is 4.31 Å². The van der Waals surface area contributed by atoms with Crippen LogP contribution in [0.2, 0.25) is 0 Å². The fraction of sp³-hybridized carbons (Fsp3) is 0.519. The monoisotopic (exact) mass is 529 g/mol. The molecule has 3 heterocycles. The minimum absolute atomic E-state index is 0.158. The number of benzene rings is 2. The summed E-state index contributed by atoms with van der Waals surface area (Å²) in [5.41, 5.74) is 2.85. The molecule has 7 nitrogen and oxygen atoms in total. The molecule has 0 bridgehead atoms. The lowest BCUT2D eigenvalue weighted by Gasteiger charge is -2.30. The van der Waals surface area contributed by atoms with E-state index in [4.69, 9.17) is 14.5 Å². The lowest BCUT2D eigenvalue weighted by Crippen LogP contribution is -2.39. The number of ether oxygens (including phenoxy) is 2. The van der Waals surface area contributed by atoms with Gasteiger partial charge >= 0.3 is 0 Å². The molecule has 194 valence electrons. The highest BCUT2D eigenvalue weighted by Gasteiger charge is 2.29. The van der Waals surface area contributed by atoms with E-state index in [0.29, 0.717) is 36.0 Å². The Morgan fingerprint density at radius 3 is 2.69 bits per heavy atom. The first-order valence-electron chi connectivity index (χ1n) is 12.9. The van der Waals surface area contributed by atoms with Gasteiger partial charge in [-0.05, 0) is 74.4 Å². The van der Waals surface area contributed by atoms with Crippen molar-refractivity contribution in [3.63, 3.8) is 0 Å². The van der Waals surface area contributed by atoms with Crippen LogP contribution in [0.5, 0.6) is 5.75 Å². The number of piperidine rings is 1. The summed E-state index contributed by atoms with van der Waals surface area (Å²) < 4.78 is 42.1. The van der Waals surface area contributed by atoms with Crippen LogP contribution in [0.15, 0.2) is 52.5 Å². The highest BCUT2D eigenvalue weighted by Crippen LogP contribution is 2.32. The maximum atomic E-state index is 13.4. The Kier molecular flexibility index (Phi) is 7.90. The number of thioether (sulfide) groups is 1. The van der Waals surface area contributed by atoms with E-state index in [2.05, 4.69) is 23.6 Å². The van der Waals surface area contributed by atoms with E-state index in [1.54, 1.807) is 28.2 Å². The molecule has 2 aromatic carbocycles. The summed E-state index contributed by atoms with van der Waals surface area (Å²) in [6, 6.07) is 13.5. The van der Waals surface area contributed by atoms with Crippen molar-refractivity contribution in [1.29, 1.82) is 0 Å². The largest absolute Gasteiger partial charge is 0.494 e. The molecule has 2 saturated heterocycles. The first kappa shape index (κ1) is 25.6. The van der Waals surface area contributed by atoms with Gasteiger partial charge in [0, 0.05) is 25.4 Å². The number of hydrogen-bond acceptors (Lipinski definition) is 6. The van der Waals surface area contributed by atoms with Gasteiger partial charge in [-0.15, -0.1) is 0 Å². The summed E-state index contributed by atoms with van der Waals surface area (Å²) in [5.74, 6) is 2.01. The Morgan fingerprint density at radius 2 is 1.97 bits per heavy atom. The Balaban J connectivity index is 1.43. The smallest absolute Gasteiger partial charge is 0.243 e. The third kappa shape index (κ3) is 5.59. The zero-order valence-corrected chi connectivity index (χ0v) is 22.7. The van der Waals surface area contributed by atoms with E-state index in [0.717, 1.165) is 61.0 Å². The third-order valence-electron chi connectivity index (χ3n) is 6.95. The Bertz CT molecular complexity index is 1280. The van der Waals surface area contributed by atoms with Crippen molar-refractivity contribution in [3.05, 3.63) is 48.0 Å². The van der Waals surface area contributed by atoms with E-state index < -0.39 is 10.0 Å². The molecule has 2 aliphatic rings. The molecular formula is C27H35N3O4S2. The number of fused-ring (bicyclic) bond motifs is 1. The topological polar surface area (TPSA) is 73.7 Å². The number of sulfonamides is 1. The van der Waals surface area contributed by atoms with Crippen molar-refractivity contribution in [2.75, 3.05) is 26.3 Å². The molecule has 5 rings (SSSR count).